The summed E-state index contributed by atoms with van der Waals surface area (Å²) in [5, 5.41) is 3.49. The summed E-state index contributed by atoms with van der Waals surface area (Å²) in [4.78, 5) is 11.1. The molecule has 0 aliphatic rings. The number of benzene rings is 1. The predicted molar refractivity (Wildman–Crippen MR) is 88.1 cm³/mol. The highest BCUT2D eigenvalue weighted by atomic mass is 32.2. The maximum absolute atomic E-state index is 11.1. The predicted octanol–water partition coefficient (Wildman–Crippen LogP) is 2.95. The summed E-state index contributed by atoms with van der Waals surface area (Å²) in [5.74, 6) is 2.41. The van der Waals surface area contributed by atoms with E-state index in [-0.39, 0.29) is 12.0 Å². The van der Waals surface area contributed by atoms with Gasteiger partial charge in [0.2, 0.25) is 0 Å². The first kappa shape index (κ1) is 17.9. The average molecular weight is 311 g/mol. The standard InChI is InChI=1S/C16H25NO3S/c1-5-17-14(11-21-9-8-16(18)20-4)13-10-12(2)6-7-15(13)19-3/h6-7,10,14,17H,5,8-9,11H2,1-4H3. The van der Waals surface area contributed by atoms with E-state index >= 15 is 0 Å². The number of ether oxygens (including phenoxy) is 2. The summed E-state index contributed by atoms with van der Waals surface area (Å²) in [6, 6.07) is 6.43. The van der Waals surface area contributed by atoms with Crippen LogP contribution in [0.1, 0.15) is 30.5 Å². The van der Waals surface area contributed by atoms with Gasteiger partial charge in [-0.05, 0) is 19.5 Å². The Balaban J connectivity index is 2.68. The number of methoxy groups -OCH3 is 2. The first-order valence-electron chi connectivity index (χ1n) is 7.14. The number of carbonyl (C=O) groups excluding carboxylic acids is 1. The lowest BCUT2D eigenvalue weighted by atomic mass is 10.0. The van der Waals surface area contributed by atoms with Gasteiger partial charge in [0.05, 0.1) is 20.6 Å². The van der Waals surface area contributed by atoms with Crippen LogP contribution >= 0.6 is 11.8 Å². The number of rotatable bonds is 9. The maximum Gasteiger partial charge on any atom is 0.306 e. The van der Waals surface area contributed by atoms with Crippen molar-refractivity contribution in [2.75, 3.05) is 32.3 Å². The normalized spacial score (nSPS) is 12.0. The third-order valence-corrected chi connectivity index (χ3v) is 4.24. The highest BCUT2D eigenvalue weighted by molar-refractivity contribution is 7.99. The largest absolute Gasteiger partial charge is 0.496 e. The minimum Gasteiger partial charge on any atom is -0.496 e. The highest BCUT2D eigenvalue weighted by Gasteiger charge is 2.15. The lowest BCUT2D eigenvalue weighted by Crippen LogP contribution is -2.24. The zero-order chi connectivity index (χ0) is 15.7. The molecule has 0 bridgehead atoms. The van der Waals surface area contributed by atoms with Crippen LogP contribution in [-0.2, 0) is 9.53 Å². The summed E-state index contributed by atoms with van der Waals surface area (Å²) in [6.07, 6.45) is 0.449. The van der Waals surface area contributed by atoms with Crippen molar-refractivity contribution in [3.05, 3.63) is 29.3 Å². The van der Waals surface area contributed by atoms with Crippen LogP contribution in [0.3, 0.4) is 0 Å². The second kappa shape index (κ2) is 9.68. The van der Waals surface area contributed by atoms with Crippen molar-refractivity contribution in [1.29, 1.82) is 0 Å². The molecular formula is C16H25NO3S. The van der Waals surface area contributed by atoms with Crippen molar-refractivity contribution in [1.82, 2.24) is 5.32 Å². The second-order valence-electron chi connectivity index (χ2n) is 4.76. The number of esters is 1. The van der Waals surface area contributed by atoms with E-state index in [2.05, 4.69) is 36.0 Å². The number of carbonyl (C=O) groups is 1. The minimum atomic E-state index is -0.157. The van der Waals surface area contributed by atoms with Gasteiger partial charge in [-0.25, -0.2) is 0 Å². The molecule has 118 valence electrons. The van der Waals surface area contributed by atoms with Gasteiger partial charge in [0, 0.05) is 23.1 Å². The lowest BCUT2D eigenvalue weighted by Gasteiger charge is -2.21. The molecule has 1 N–H and O–H groups in total. The zero-order valence-corrected chi connectivity index (χ0v) is 14.1. The van der Waals surface area contributed by atoms with Crippen LogP contribution in [0.25, 0.3) is 0 Å². The molecule has 1 atom stereocenters. The van der Waals surface area contributed by atoms with E-state index in [1.54, 1.807) is 18.9 Å². The van der Waals surface area contributed by atoms with Crippen LogP contribution in [0.2, 0.25) is 0 Å². The number of hydrogen-bond acceptors (Lipinski definition) is 5. The van der Waals surface area contributed by atoms with Crippen molar-refractivity contribution in [2.45, 2.75) is 26.3 Å². The highest BCUT2D eigenvalue weighted by Crippen LogP contribution is 2.28. The van der Waals surface area contributed by atoms with Gasteiger partial charge in [0.15, 0.2) is 0 Å². The van der Waals surface area contributed by atoms with Gasteiger partial charge in [0.25, 0.3) is 0 Å². The first-order chi connectivity index (χ1) is 10.1. The second-order valence-corrected chi connectivity index (χ2v) is 5.91. The average Bonchev–Trinajstić information content (AvgIpc) is 2.50. The van der Waals surface area contributed by atoms with Gasteiger partial charge in [-0.1, -0.05) is 24.6 Å². The molecule has 0 amide bonds. The van der Waals surface area contributed by atoms with Gasteiger partial charge in [-0.15, -0.1) is 0 Å². The Morgan fingerprint density at radius 2 is 2.14 bits per heavy atom. The molecule has 1 aromatic carbocycles. The molecule has 0 heterocycles. The van der Waals surface area contributed by atoms with E-state index < -0.39 is 0 Å². The van der Waals surface area contributed by atoms with Crippen LogP contribution < -0.4 is 10.1 Å². The molecule has 1 unspecified atom stereocenters. The third-order valence-electron chi connectivity index (χ3n) is 3.17. The van der Waals surface area contributed by atoms with E-state index in [0.29, 0.717) is 6.42 Å². The topological polar surface area (TPSA) is 47.6 Å². The van der Waals surface area contributed by atoms with Crippen LogP contribution in [-0.4, -0.2) is 38.2 Å². The summed E-state index contributed by atoms with van der Waals surface area (Å²) in [5.41, 5.74) is 2.39. The molecule has 1 rings (SSSR count). The first-order valence-corrected chi connectivity index (χ1v) is 8.30. The summed E-state index contributed by atoms with van der Waals surface area (Å²) in [7, 11) is 3.12. The molecule has 1 aromatic rings. The number of thioether (sulfide) groups is 1. The zero-order valence-electron chi connectivity index (χ0n) is 13.3. The SMILES string of the molecule is CCNC(CSCCC(=O)OC)c1cc(C)ccc1OC. The van der Waals surface area contributed by atoms with E-state index in [4.69, 9.17) is 4.74 Å². The Bertz CT molecular complexity index is 451. The summed E-state index contributed by atoms with van der Waals surface area (Å²) in [6.45, 7) is 5.06. The van der Waals surface area contributed by atoms with E-state index in [1.165, 1.54) is 18.2 Å². The molecule has 4 nitrogen and oxygen atoms in total. The number of hydrogen-bond donors (Lipinski definition) is 1. The van der Waals surface area contributed by atoms with Gasteiger partial charge in [-0.2, -0.15) is 11.8 Å². The van der Waals surface area contributed by atoms with Crippen molar-refractivity contribution < 1.29 is 14.3 Å². The molecule has 0 saturated carbocycles. The van der Waals surface area contributed by atoms with Crippen LogP contribution in [0.15, 0.2) is 18.2 Å². The van der Waals surface area contributed by atoms with Crippen LogP contribution in [0.4, 0.5) is 0 Å². The van der Waals surface area contributed by atoms with E-state index in [1.807, 2.05) is 6.07 Å². The fourth-order valence-electron chi connectivity index (χ4n) is 2.09. The molecule has 21 heavy (non-hydrogen) atoms. The lowest BCUT2D eigenvalue weighted by molar-refractivity contribution is -0.140. The maximum atomic E-state index is 11.1. The van der Waals surface area contributed by atoms with Crippen molar-refractivity contribution in [3.8, 4) is 5.75 Å². The molecular weight excluding hydrogens is 286 g/mol. The Hall–Kier alpha value is -1.20. The third kappa shape index (κ3) is 5.98. The monoisotopic (exact) mass is 311 g/mol. The van der Waals surface area contributed by atoms with Gasteiger partial charge >= 0.3 is 5.97 Å². The Morgan fingerprint density at radius 3 is 2.76 bits per heavy atom. The molecule has 0 saturated heterocycles. The molecule has 0 aromatic heterocycles. The molecule has 5 heteroatoms. The summed E-state index contributed by atoms with van der Waals surface area (Å²) >= 11 is 1.75. The molecule has 0 fully saturated rings. The summed E-state index contributed by atoms with van der Waals surface area (Å²) < 4.78 is 10.1. The van der Waals surface area contributed by atoms with Gasteiger partial charge in [0.1, 0.15) is 5.75 Å². The Morgan fingerprint density at radius 1 is 1.38 bits per heavy atom. The van der Waals surface area contributed by atoms with E-state index in [9.17, 15) is 4.79 Å². The van der Waals surface area contributed by atoms with Gasteiger partial charge in [-0.3, -0.25) is 4.79 Å². The van der Waals surface area contributed by atoms with Gasteiger partial charge < -0.3 is 14.8 Å². The van der Waals surface area contributed by atoms with Crippen molar-refractivity contribution >= 4 is 17.7 Å². The van der Waals surface area contributed by atoms with Crippen LogP contribution in [0, 0.1) is 6.92 Å². The number of nitrogens with one attached hydrogen (secondary N) is 1. The Kier molecular flexibility index (Phi) is 8.23. The fourth-order valence-corrected chi connectivity index (χ4v) is 3.10. The molecule has 0 spiro atoms. The van der Waals surface area contributed by atoms with Crippen molar-refractivity contribution in [3.63, 3.8) is 0 Å². The number of aryl methyl sites for hydroxylation is 1. The molecule has 0 radical (unpaired) electrons. The van der Waals surface area contributed by atoms with Crippen molar-refractivity contribution in [2.24, 2.45) is 0 Å². The van der Waals surface area contributed by atoms with E-state index in [0.717, 1.165) is 23.8 Å². The van der Waals surface area contributed by atoms with Crippen LogP contribution in [0.5, 0.6) is 5.75 Å². The quantitative estimate of drug-likeness (QED) is 0.561. The smallest absolute Gasteiger partial charge is 0.306 e. The minimum absolute atomic E-state index is 0.157. The Labute approximate surface area is 131 Å². The molecule has 0 aliphatic carbocycles. The fraction of sp³-hybridized carbons (Fsp3) is 0.562. The molecule has 0 aliphatic heterocycles.